The van der Waals surface area contributed by atoms with Crippen molar-refractivity contribution >= 4 is 5.97 Å². The minimum atomic E-state index is -0.867. The Kier molecular flexibility index (Phi) is 8.33. The van der Waals surface area contributed by atoms with Crippen molar-refractivity contribution in [1.29, 1.82) is 0 Å². The third kappa shape index (κ3) is 6.47. The highest BCUT2D eigenvalue weighted by molar-refractivity contribution is 5.72. The highest BCUT2D eigenvalue weighted by Gasteiger charge is 2.20. The topological polar surface area (TPSA) is 49.8 Å². The number of carbonyl (C=O) groups is 1. The minimum Gasteiger partial charge on any atom is -0.479 e. The molecule has 0 aromatic heterocycles. The summed E-state index contributed by atoms with van der Waals surface area (Å²) in [5, 5.41) is 8.94. The Morgan fingerprint density at radius 1 is 1.27 bits per heavy atom. The smallest absolute Gasteiger partial charge is 0.334 e. The number of nitrogens with zero attached hydrogens (tertiary/aromatic N) is 1. The van der Waals surface area contributed by atoms with E-state index in [1.165, 1.54) is 0 Å². The van der Waals surface area contributed by atoms with Crippen LogP contribution in [-0.4, -0.2) is 48.3 Å². The van der Waals surface area contributed by atoms with Gasteiger partial charge in [0.05, 0.1) is 0 Å². The summed E-state index contributed by atoms with van der Waals surface area (Å²) in [5.74, 6) is -0.867. The SMILES string of the molecule is CCCN(CCC)CC(OCC)C(=O)O. The third-order valence-electron chi connectivity index (χ3n) is 2.15. The van der Waals surface area contributed by atoms with Crippen LogP contribution in [0, 0.1) is 0 Å². The van der Waals surface area contributed by atoms with Crippen LogP contribution in [0.2, 0.25) is 0 Å². The van der Waals surface area contributed by atoms with Gasteiger partial charge in [-0.2, -0.15) is 0 Å². The lowest BCUT2D eigenvalue weighted by atomic mass is 10.3. The van der Waals surface area contributed by atoms with E-state index in [1.54, 1.807) is 0 Å². The van der Waals surface area contributed by atoms with E-state index in [4.69, 9.17) is 9.84 Å². The number of carboxylic acids is 1. The van der Waals surface area contributed by atoms with Gasteiger partial charge in [-0.05, 0) is 32.9 Å². The van der Waals surface area contributed by atoms with E-state index in [1.807, 2.05) is 6.92 Å². The number of hydrogen-bond acceptors (Lipinski definition) is 3. The van der Waals surface area contributed by atoms with Crippen molar-refractivity contribution in [2.75, 3.05) is 26.2 Å². The Hall–Kier alpha value is -0.610. The Morgan fingerprint density at radius 2 is 1.80 bits per heavy atom. The average molecular weight is 217 g/mol. The van der Waals surface area contributed by atoms with Crippen LogP contribution < -0.4 is 0 Å². The molecule has 0 aliphatic heterocycles. The lowest BCUT2D eigenvalue weighted by Crippen LogP contribution is -2.39. The fourth-order valence-corrected chi connectivity index (χ4v) is 1.56. The molecule has 1 atom stereocenters. The molecule has 0 saturated carbocycles. The largest absolute Gasteiger partial charge is 0.479 e. The molecule has 0 fully saturated rings. The second-order valence-corrected chi connectivity index (χ2v) is 3.58. The van der Waals surface area contributed by atoms with E-state index >= 15 is 0 Å². The Bertz CT molecular complexity index is 167. The number of hydrogen-bond donors (Lipinski definition) is 1. The standard InChI is InChI=1S/C11H23NO3/c1-4-7-12(8-5-2)9-10(11(13)14)15-6-3/h10H,4-9H2,1-3H3,(H,13,14). The molecule has 0 radical (unpaired) electrons. The number of aliphatic carboxylic acids is 1. The van der Waals surface area contributed by atoms with Crippen molar-refractivity contribution in [1.82, 2.24) is 4.90 Å². The van der Waals surface area contributed by atoms with Crippen LogP contribution in [0.4, 0.5) is 0 Å². The first-order chi connectivity index (χ1) is 7.15. The zero-order chi connectivity index (χ0) is 11.7. The van der Waals surface area contributed by atoms with Gasteiger partial charge in [-0.3, -0.25) is 0 Å². The zero-order valence-corrected chi connectivity index (χ0v) is 10.0. The summed E-state index contributed by atoms with van der Waals surface area (Å²) >= 11 is 0. The van der Waals surface area contributed by atoms with E-state index < -0.39 is 12.1 Å². The summed E-state index contributed by atoms with van der Waals surface area (Å²) in [4.78, 5) is 13.0. The quantitative estimate of drug-likeness (QED) is 0.637. The van der Waals surface area contributed by atoms with Crippen LogP contribution in [0.1, 0.15) is 33.6 Å². The molecule has 0 aliphatic rings. The Labute approximate surface area is 92.2 Å². The number of ether oxygens (including phenoxy) is 1. The van der Waals surface area contributed by atoms with Crippen LogP contribution in [0.15, 0.2) is 0 Å². The molecule has 0 spiro atoms. The van der Waals surface area contributed by atoms with E-state index in [9.17, 15) is 4.79 Å². The summed E-state index contributed by atoms with van der Waals surface area (Å²) in [5.41, 5.74) is 0. The third-order valence-corrected chi connectivity index (χ3v) is 2.15. The van der Waals surface area contributed by atoms with Crippen LogP contribution in [0.25, 0.3) is 0 Å². The molecule has 0 aromatic carbocycles. The van der Waals surface area contributed by atoms with Gasteiger partial charge in [0.2, 0.25) is 0 Å². The van der Waals surface area contributed by atoms with Gasteiger partial charge in [-0.15, -0.1) is 0 Å². The van der Waals surface area contributed by atoms with Gasteiger partial charge in [0.25, 0.3) is 0 Å². The summed E-state index contributed by atoms with van der Waals surface area (Å²) in [6.07, 6.45) is 1.39. The number of rotatable bonds is 9. The Balaban J connectivity index is 4.12. The maximum Gasteiger partial charge on any atom is 0.334 e. The molecular weight excluding hydrogens is 194 g/mol. The molecule has 90 valence electrons. The van der Waals surface area contributed by atoms with Crippen LogP contribution >= 0.6 is 0 Å². The first-order valence-electron chi connectivity index (χ1n) is 5.72. The highest BCUT2D eigenvalue weighted by Crippen LogP contribution is 2.01. The highest BCUT2D eigenvalue weighted by atomic mass is 16.5. The van der Waals surface area contributed by atoms with E-state index in [2.05, 4.69) is 18.7 Å². The van der Waals surface area contributed by atoms with Gasteiger partial charge >= 0.3 is 5.97 Å². The van der Waals surface area contributed by atoms with E-state index in [-0.39, 0.29) is 0 Å². The molecule has 0 aliphatic carbocycles. The van der Waals surface area contributed by atoms with Gasteiger partial charge in [0.15, 0.2) is 6.10 Å². The second-order valence-electron chi connectivity index (χ2n) is 3.58. The molecule has 1 unspecified atom stereocenters. The minimum absolute atomic E-state index is 0.447. The van der Waals surface area contributed by atoms with Gasteiger partial charge < -0.3 is 14.7 Å². The monoisotopic (exact) mass is 217 g/mol. The summed E-state index contributed by atoms with van der Waals surface area (Å²) in [6.45, 7) is 8.82. The van der Waals surface area contributed by atoms with Crippen LogP contribution in [0.3, 0.4) is 0 Å². The Morgan fingerprint density at radius 3 is 2.13 bits per heavy atom. The van der Waals surface area contributed by atoms with Gasteiger partial charge in [0, 0.05) is 13.2 Å². The molecular formula is C11H23NO3. The molecule has 0 amide bonds. The fourth-order valence-electron chi connectivity index (χ4n) is 1.56. The van der Waals surface area contributed by atoms with Crippen molar-refractivity contribution < 1.29 is 14.6 Å². The summed E-state index contributed by atoms with van der Waals surface area (Å²) in [7, 11) is 0. The molecule has 15 heavy (non-hydrogen) atoms. The first kappa shape index (κ1) is 14.4. The lowest BCUT2D eigenvalue weighted by Gasteiger charge is -2.24. The van der Waals surface area contributed by atoms with Crippen LogP contribution in [-0.2, 0) is 9.53 Å². The van der Waals surface area contributed by atoms with Crippen molar-refractivity contribution in [3.05, 3.63) is 0 Å². The predicted molar refractivity (Wildman–Crippen MR) is 60.1 cm³/mol. The number of carboxylic acid groups (broad SMARTS) is 1. The summed E-state index contributed by atoms with van der Waals surface area (Å²) in [6, 6.07) is 0. The van der Waals surface area contributed by atoms with Gasteiger partial charge in [-0.25, -0.2) is 4.79 Å². The van der Waals surface area contributed by atoms with Crippen molar-refractivity contribution in [3.63, 3.8) is 0 Å². The fraction of sp³-hybridized carbons (Fsp3) is 0.909. The molecule has 0 rings (SSSR count). The molecule has 0 aromatic rings. The summed E-state index contributed by atoms with van der Waals surface area (Å²) < 4.78 is 5.19. The molecule has 0 saturated heterocycles. The van der Waals surface area contributed by atoms with E-state index in [0.717, 1.165) is 25.9 Å². The first-order valence-corrected chi connectivity index (χ1v) is 5.72. The zero-order valence-electron chi connectivity index (χ0n) is 10.0. The predicted octanol–water partition coefficient (Wildman–Crippen LogP) is 1.60. The van der Waals surface area contributed by atoms with Crippen LogP contribution in [0.5, 0.6) is 0 Å². The molecule has 4 nitrogen and oxygen atoms in total. The second kappa shape index (κ2) is 8.68. The molecule has 0 heterocycles. The van der Waals surface area contributed by atoms with Gasteiger partial charge in [-0.1, -0.05) is 13.8 Å². The van der Waals surface area contributed by atoms with Gasteiger partial charge in [0.1, 0.15) is 0 Å². The molecule has 0 bridgehead atoms. The molecule has 4 heteroatoms. The molecule has 1 N–H and O–H groups in total. The van der Waals surface area contributed by atoms with Crippen molar-refractivity contribution in [3.8, 4) is 0 Å². The lowest BCUT2D eigenvalue weighted by molar-refractivity contribution is -0.151. The van der Waals surface area contributed by atoms with E-state index in [0.29, 0.717) is 13.2 Å². The average Bonchev–Trinajstić information content (AvgIpc) is 2.17. The maximum absolute atomic E-state index is 10.9. The maximum atomic E-state index is 10.9. The van der Waals surface area contributed by atoms with Crippen molar-refractivity contribution in [2.45, 2.75) is 39.7 Å². The van der Waals surface area contributed by atoms with Crippen molar-refractivity contribution in [2.24, 2.45) is 0 Å². The normalized spacial score (nSPS) is 13.1.